The smallest absolute Gasteiger partial charge is 0.0490 e. The quantitative estimate of drug-likeness (QED) is 0.767. The molecule has 0 aliphatic heterocycles. The summed E-state index contributed by atoms with van der Waals surface area (Å²) in [7, 11) is 0. The lowest BCUT2D eigenvalue weighted by Gasteiger charge is -1.93. The van der Waals surface area contributed by atoms with E-state index in [-0.39, 0.29) is 0 Å². The zero-order valence-electron chi connectivity index (χ0n) is 6.66. The molecular formula is C9H10N2S. The van der Waals surface area contributed by atoms with Gasteiger partial charge in [0.15, 0.2) is 0 Å². The van der Waals surface area contributed by atoms with Crippen molar-refractivity contribution in [1.82, 2.24) is 10.2 Å². The molecule has 0 amide bonds. The summed E-state index contributed by atoms with van der Waals surface area (Å²) in [6, 6.07) is 6.28. The van der Waals surface area contributed by atoms with Crippen molar-refractivity contribution in [2.45, 2.75) is 12.8 Å². The van der Waals surface area contributed by atoms with Crippen molar-refractivity contribution in [1.29, 1.82) is 0 Å². The number of H-pyrrole nitrogens is 1. The topological polar surface area (TPSA) is 28.7 Å². The number of hydrogen-bond donors (Lipinski definition) is 1. The Balaban J connectivity index is 1.91. The van der Waals surface area contributed by atoms with Crippen LogP contribution in [0.1, 0.15) is 10.6 Å². The van der Waals surface area contributed by atoms with E-state index in [1.807, 2.05) is 17.4 Å². The second-order valence-electron chi connectivity index (χ2n) is 2.66. The number of aromatic nitrogens is 2. The SMILES string of the molecule is c1csc(CCc2ccn[nH]2)c1. The normalized spacial score (nSPS) is 10.3. The van der Waals surface area contributed by atoms with E-state index in [9.17, 15) is 0 Å². The lowest BCUT2D eigenvalue weighted by molar-refractivity contribution is 0.904. The fourth-order valence-electron chi connectivity index (χ4n) is 1.14. The molecule has 0 atom stereocenters. The first kappa shape index (κ1) is 7.55. The van der Waals surface area contributed by atoms with Crippen LogP contribution in [0, 0.1) is 0 Å². The van der Waals surface area contributed by atoms with Crippen molar-refractivity contribution >= 4 is 11.3 Å². The van der Waals surface area contributed by atoms with Crippen LogP contribution in [0.2, 0.25) is 0 Å². The summed E-state index contributed by atoms with van der Waals surface area (Å²) in [6.07, 6.45) is 3.96. The molecule has 3 heteroatoms. The second-order valence-corrected chi connectivity index (χ2v) is 3.69. The maximum absolute atomic E-state index is 3.90. The van der Waals surface area contributed by atoms with Gasteiger partial charge in [0.05, 0.1) is 0 Å². The zero-order chi connectivity index (χ0) is 8.23. The van der Waals surface area contributed by atoms with Crippen LogP contribution in [-0.2, 0) is 12.8 Å². The molecule has 0 saturated carbocycles. The van der Waals surface area contributed by atoms with Gasteiger partial charge in [-0.1, -0.05) is 6.07 Å². The van der Waals surface area contributed by atoms with Gasteiger partial charge in [0.2, 0.25) is 0 Å². The molecule has 12 heavy (non-hydrogen) atoms. The van der Waals surface area contributed by atoms with Crippen LogP contribution in [0.5, 0.6) is 0 Å². The van der Waals surface area contributed by atoms with Gasteiger partial charge in [-0.05, 0) is 30.4 Å². The molecule has 0 aliphatic carbocycles. The van der Waals surface area contributed by atoms with Gasteiger partial charge < -0.3 is 0 Å². The van der Waals surface area contributed by atoms with E-state index in [1.165, 1.54) is 10.6 Å². The third-order valence-electron chi connectivity index (χ3n) is 1.78. The molecule has 2 nitrogen and oxygen atoms in total. The zero-order valence-corrected chi connectivity index (χ0v) is 7.47. The summed E-state index contributed by atoms with van der Waals surface area (Å²) in [5.41, 5.74) is 1.21. The molecule has 2 heterocycles. The number of nitrogens with zero attached hydrogens (tertiary/aromatic N) is 1. The fraction of sp³-hybridized carbons (Fsp3) is 0.222. The van der Waals surface area contributed by atoms with Crippen LogP contribution in [0.3, 0.4) is 0 Å². The van der Waals surface area contributed by atoms with E-state index in [0.717, 1.165) is 12.8 Å². The summed E-state index contributed by atoms with van der Waals surface area (Å²) in [5.74, 6) is 0. The molecule has 0 aromatic carbocycles. The highest BCUT2D eigenvalue weighted by Crippen LogP contribution is 2.11. The Morgan fingerprint density at radius 2 is 2.33 bits per heavy atom. The molecule has 0 radical (unpaired) electrons. The summed E-state index contributed by atoms with van der Waals surface area (Å²) in [6.45, 7) is 0. The van der Waals surface area contributed by atoms with Crippen LogP contribution in [0.4, 0.5) is 0 Å². The summed E-state index contributed by atoms with van der Waals surface area (Å²) in [5, 5.41) is 8.97. The molecule has 0 spiro atoms. The molecule has 1 N–H and O–H groups in total. The van der Waals surface area contributed by atoms with E-state index >= 15 is 0 Å². The Labute approximate surface area is 75.3 Å². The molecular weight excluding hydrogens is 168 g/mol. The molecule has 0 unspecified atom stereocenters. The largest absolute Gasteiger partial charge is 0.283 e. The first-order chi connectivity index (χ1) is 5.95. The Kier molecular flexibility index (Phi) is 2.23. The molecule has 62 valence electrons. The summed E-state index contributed by atoms with van der Waals surface area (Å²) in [4.78, 5) is 1.43. The number of hydrogen-bond acceptors (Lipinski definition) is 2. The molecule has 2 rings (SSSR count). The van der Waals surface area contributed by atoms with E-state index in [4.69, 9.17) is 0 Å². The van der Waals surface area contributed by atoms with E-state index in [2.05, 4.69) is 27.7 Å². The van der Waals surface area contributed by atoms with Crippen molar-refractivity contribution in [2.75, 3.05) is 0 Å². The third-order valence-corrected chi connectivity index (χ3v) is 2.72. The van der Waals surface area contributed by atoms with Crippen molar-refractivity contribution in [2.24, 2.45) is 0 Å². The highest BCUT2D eigenvalue weighted by atomic mass is 32.1. The molecule has 0 aliphatic rings. The van der Waals surface area contributed by atoms with E-state index < -0.39 is 0 Å². The Hall–Kier alpha value is -1.09. The predicted octanol–water partition coefficient (Wildman–Crippen LogP) is 2.26. The van der Waals surface area contributed by atoms with Gasteiger partial charge in [0.1, 0.15) is 0 Å². The van der Waals surface area contributed by atoms with Crippen LogP contribution in [0.15, 0.2) is 29.8 Å². The Morgan fingerprint density at radius 3 is 3.00 bits per heavy atom. The summed E-state index contributed by atoms with van der Waals surface area (Å²) < 4.78 is 0. The first-order valence-electron chi connectivity index (χ1n) is 3.96. The molecule has 0 saturated heterocycles. The lowest BCUT2D eigenvalue weighted by Crippen LogP contribution is -1.88. The van der Waals surface area contributed by atoms with E-state index in [1.54, 1.807) is 6.20 Å². The van der Waals surface area contributed by atoms with Gasteiger partial charge in [-0.15, -0.1) is 11.3 Å². The molecule has 2 aromatic heterocycles. The average molecular weight is 178 g/mol. The summed E-state index contributed by atoms with van der Waals surface area (Å²) >= 11 is 1.81. The van der Waals surface area contributed by atoms with Gasteiger partial charge in [0.25, 0.3) is 0 Å². The fourth-order valence-corrected chi connectivity index (χ4v) is 1.85. The first-order valence-corrected chi connectivity index (χ1v) is 4.84. The maximum atomic E-state index is 3.90. The van der Waals surface area contributed by atoms with Crippen LogP contribution in [-0.4, -0.2) is 10.2 Å². The van der Waals surface area contributed by atoms with Gasteiger partial charge >= 0.3 is 0 Å². The monoisotopic (exact) mass is 178 g/mol. The van der Waals surface area contributed by atoms with Crippen molar-refractivity contribution < 1.29 is 0 Å². The van der Waals surface area contributed by atoms with Gasteiger partial charge in [0, 0.05) is 16.8 Å². The van der Waals surface area contributed by atoms with Crippen molar-refractivity contribution in [3.05, 3.63) is 40.3 Å². The second kappa shape index (κ2) is 3.54. The highest BCUT2D eigenvalue weighted by molar-refractivity contribution is 7.09. The number of thiophene rings is 1. The number of aryl methyl sites for hydroxylation is 2. The minimum Gasteiger partial charge on any atom is -0.283 e. The number of nitrogens with one attached hydrogen (secondary N) is 1. The van der Waals surface area contributed by atoms with Crippen molar-refractivity contribution in [3.8, 4) is 0 Å². The Morgan fingerprint density at radius 1 is 1.33 bits per heavy atom. The number of aromatic amines is 1. The highest BCUT2D eigenvalue weighted by Gasteiger charge is 1.96. The number of rotatable bonds is 3. The minimum atomic E-state index is 1.06. The molecule has 0 bridgehead atoms. The lowest BCUT2D eigenvalue weighted by atomic mass is 10.2. The third kappa shape index (κ3) is 1.74. The van der Waals surface area contributed by atoms with Crippen LogP contribution >= 0.6 is 11.3 Å². The van der Waals surface area contributed by atoms with Gasteiger partial charge in [-0.25, -0.2) is 0 Å². The predicted molar refractivity (Wildman–Crippen MR) is 50.3 cm³/mol. The minimum absolute atomic E-state index is 1.06. The maximum Gasteiger partial charge on any atom is 0.0490 e. The van der Waals surface area contributed by atoms with Gasteiger partial charge in [-0.2, -0.15) is 5.10 Å². The molecule has 0 fully saturated rings. The van der Waals surface area contributed by atoms with Gasteiger partial charge in [-0.3, -0.25) is 5.10 Å². The van der Waals surface area contributed by atoms with Crippen LogP contribution < -0.4 is 0 Å². The molecule has 2 aromatic rings. The van der Waals surface area contributed by atoms with Crippen LogP contribution in [0.25, 0.3) is 0 Å². The Bertz CT molecular complexity index is 276. The van der Waals surface area contributed by atoms with Crippen molar-refractivity contribution in [3.63, 3.8) is 0 Å². The van der Waals surface area contributed by atoms with E-state index in [0.29, 0.717) is 0 Å². The average Bonchev–Trinajstić information content (AvgIpc) is 2.74. The standard InChI is InChI=1S/C9H10N2S/c1-2-9(12-7-1)4-3-8-5-6-10-11-8/h1-2,5-7H,3-4H2,(H,10,11).